The van der Waals surface area contributed by atoms with Crippen LogP contribution in [0, 0.1) is 5.92 Å². The van der Waals surface area contributed by atoms with Gasteiger partial charge >= 0.3 is 6.09 Å². The second-order valence-electron chi connectivity index (χ2n) is 7.32. The third-order valence-corrected chi connectivity index (χ3v) is 4.15. The molecular formula is C18H29N3O2. The lowest BCUT2D eigenvalue weighted by Crippen LogP contribution is -2.43. The van der Waals surface area contributed by atoms with Crippen molar-refractivity contribution >= 4 is 6.09 Å². The Morgan fingerprint density at radius 2 is 2.26 bits per heavy atom. The van der Waals surface area contributed by atoms with Gasteiger partial charge in [-0.3, -0.25) is 9.88 Å². The van der Waals surface area contributed by atoms with Crippen LogP contribution in [0.5, 0.6) is 0 Å². The predicted octanol–water partition coefficient (Wildman–Crippen LogP) is 3.38. The highest BCUT2D eigenvalue weighted by atomic mass is 16.6. The van der Waals surface area contributed by atoms with Gasteiger partial charge in [0.2, 0.25) is 0 Å². The van der Waals surface area contributed by atoms with Crippen LogP contribution in [0.2, 0.25) is 0 Å². The number of alkyl carbamates (subject to hydrolysis) is 1. The van der Waals surface area contributed by atoms with Crippen molar-refractivity contribution in [3.05, 3.63) is 30.1 Å². The summed E-state index contributed by atoms with van der Waals surface area (Å²) in [5.41, 5.74) is 0.657. The first-order chi connectivity index (χ1) is 10.8. The molecule has 1 aliphatic rings. The van der Waals surface area contributed by atoms with Crippen LogP contribution >= 0.6 is 0 Å². The molecule has 5 heteroatoms. The molecule has 1 aliphatic heterocycles. The zero-order valence-corrected chi connectivity index (χ0v) is 14.7. The van der Waals surface area contributed by atoms with Crippen LogP contribution < -0.4 is 5.32 Å². The van der Waals surface area contributed by atoms with E-state index in [1.807, 2.05) is 39.1 Å². The van der Waals surface area contributed by atoms with Gasteiger partial charge in [0.1, 0.15) is 5.60 Å². The third kappa shape index (κ3) is 5.82. The van der Waals surface area contributed by atoms with E-state index in [2.05, 4.69) is 28.2 Å². The number of carbonyl (C=O) groups is 1. The molecule has 1 aromatic rings. The predicted molar refractivity (Wildman–Crippen MR) is 91.2 cm³/mol. The fourth-order valence-corrected chi connectivity index (χ4v) is 2.97. The van der Waals surface area contributed by atoms with Crippen molar-refractivity contribution < 1.29 is 9.53 Å². The van der Waals surface area contributed by atoms with E-state index < -0.39 is 5.60 Å². The summed E-state index contributed by atoms with van der Waals surface area (Å²) in [6.45, 7) is 10.6. The first-order valence-corrected chi connectivity index (χ1v) is 8.47. The van der Waals surface area contributed by atoms with Gasteiger partial charge in [0.15, 0.2) is 0 Å². The number of carbonyl (C=O) groups excluding carboxylic acids is 1. The highest BCUT2D eigenvalue weighted by Gasteiger charge is 2.25. The number of pyridine rings is 1. The highest BCUT2D eigenvalue weighted by Crippen LogP contribution is 2.25. The smallest absolute Gasteiger partial charge is 0.407 e. The van der Waals surface area contributed by atoms with Gasteiger partial charge in [-0.05, 0) is 65.1 Å². The number of hydrogen-bond donors (Lipinski definition) is 1. The second kappa shape index (κ2) is 7.77. The number of nitrogens with one attached hydrogen (secondary N) is 1. The molecule has 1 fully saturated rings. The van der Waals surface area contributed by atoms with E-state index in [0.717, 1.165) is 31.6 Å². The molecule has 128 valence electrons. The Balaban J connectivity index is 1.83. The number of amides is 1. The summed E-state index contributed by atoms with van der Waals surface area (Å²) in [4.78, 5) is 18.7. The molecule has 23 heavy (non-hydrogen) atoms. The molecule has 0 aliphatic carbocycles. The standard InChI is InChI=1S/C18H29N3O2/c1-14(16-9-5-6-10-19-16)21-11-7-8-15(13-21)12-20-17(22)23-18(2,3)4/h5-6,9-10,14-15H,7-8,11-13H2,1-4H3,(H,20,22)/t14-,15-/m1/s1. The first kappa shape index (κ1) is 17.7. The van der Waals surface area contributed by atoms with E-state index >= 15 is 0 Å². The Hall–Kier alpha value is -1.62. The molecule has 2 heterocycles. The molecule has 2 atom stereocenters. The molecule has 5 nitrogen and oxygen atoms in total. The maximum absolute atomic E-state index is 11.8. The van der Waals surface area contributed by atoms with Gasteiger partial charge in [-0.15, -0.1) is 0 Å². The number of likely N-dealkylation sites (tertiary alicyclic amines) is 1. The minimum atomic E-state index is -0.448. The molecular weight excluding hydrogens is 290 g/mol. The Bertz CT molecular complexity index is 499. The molecule has 0 aromatic carbocycles. The average Bonchev–Trinajstić information content (AvgIpc) is 2.52. The lowest BCUT2D eigenvalue weighted by molar-refractivity contribution is 0.0500. The van der Waals surface area contributed by atoms with Crippen LogP contribution in [0.4, 0.5) is 4.79 Å². The number of rotatable bonds is 4. The van der Waals surface area contributed by atoms with Crippen molar-refractivity contribution in [2.24, 2.45) is 5.92 Å². The molecule has 0 bridgehead atoms. The number of piperidine rings is 1. The fraction of sp³-hybridized carbons (Fsp3) is 0.667. The number of aromatic nitrogens is 1. The number of nitrogens with zero attached hydrogens (tertiary/aromatic N) is 2. The van der Waals surface area contributed by atoms with Crippen LogP contribution in [0.1, 0.15) is 52.3 Å². The largest absolute Gasteiger partial charge is 0.444 e. The molecule has 1 N–H and O–H groups in total. The summed E-state index contributed by atoms with van der Waals surface area (Å²) < 4.78 is 5.30. The topological polar surface area (TPSA) is 54.5 Å². The molecule has 0 radical (unpaired) electrons. The summed E-state index contributed by atoms with van der Waals surface area (Å²) in [6, 6.07) is 6.36. The van der Waals surface area contributed by atoms with Gasteiger partial charge in [0.25, 0.3) is 0 Å². The molecule has 2 rings (SSSR count). The minimum absolute atomic E-state index is 0.306. The van der Waals surface area contributed by atoms with Gasteiger partial charge in [-0.1, -0.05) is 6.07 Å². The maximum Gasteiger partial charge on any atom is 0.407 e. The van der Waals surface area contributed by atoms with Crippen molar-refractivity contribution in [1.82, 2.24) is 15.2 Å². The van der Waals surface area contributed by atoms with Crippen molar-refractivity contribution in [3.8, 4) is 0 Å². The summed E-state index contributed by atoms with van der Waals surface area (Å²) in [5, 5.41) is 2.90. The molecule has 1 amide bonds. The van der Waals surface area contributed by atoms with Gasteiger partial charge in [-0.25, -0.2) is 4.79 Å². The second-order valence-corrected chi connectivity index (χ2v) is 7.32. The Morgan fingerprint density at radius 3 is 2.91 bits per heavy atom. The van der Waals surface area contributed by atoms with E-state index in [-0.39, 0.29) is 6.09 Å². The zero-order valence-electron chi connectivity index (χ0n) is 14.7. The van der Waals surface area contributed by atoms with Crippen LogP contribution in [0.15, 0.2) is 24.4 Å². The van der Waals surface area contributed by atoms with Crippen molar-refractivity contribution in [2.75, 3.05) is 19.6 Å². The quantitative estimate of drug-likeness (QED) is 0.924. The van der Waals surface area contributed by atoms with Gasteiger partial charge in [0, 0.05) is 25.3 Å². The van der Waals surface area contributed by atoms with Crippen molar-refractivity contribution in [1.29, 1.82) is 0 Å². The van der Waals surface area contributed by atoms with E-state index in [1.54, 1.807) is 0 Å². The SMILES string of the molecule is C[C@H](c1ccccn1)N1CCC[C@H](CNC(=O)OC(C)(C)C)C1. The van der Waals surface area contributed by atoms with Crippen LogP contribution in [-0.4, -0.2) is 41.2 Å². The van der Waals surface area contributed by atoms with Gasteiger partial charge < -0.3 is 10.1 Å². The average molecular weight is 319 g/mol. The minimum Gasteiger partial charge on any atom is -0.444 e. The van der Waals surface area contributed by atoms with Crippen molar-refractivity contribution in [3.63, 3.8) is 0 Å². The van der Waals surface area contributed by atoms with Crippen LogP contribution in [-0.2, 0) is 4.74 Å². The molecule has 1 aromatic heterocycles. The van der Waals surface area contributed by atoms with Crippen molar-refractivity contribution in [2.45, 2.75) is 52.2 Å². The Labute approximate surface area is 139 Å². The van der Waals surface area contributed by atoms with E-state index in [4.69, 9.17) is 4.74 Å². The summed E-state index contributed by atoms with van der Waals surface area (Å²) in [5.74, 6) is 0.461. The normalized spacial score (nSPS) is 20.8. The lowest BCUT2D eigenvalue weighted by Gasteiger charge is -2.36. The van der Waals surface area contributed by atoms with E-state index in [1.165, 1.54) is 0 Å². The lowest BCUT2D eigenvalue weighted by atomic mass is 9.96. The maximum atomic E-state index is 11.8. The summed E-state index contributed by atoms with van der Waals surface area (Å²) in [6.07, 6.45) is 3.81. The highest BCUT2D eigenvalue weighted by molar-refractivity contribution is 5.67. The molecule has 0 saturated carbocycles. The van der Waals surface area contributed by atoms with Crippen LogP contribution in [0.25, 0.3) is 0 Å². The number of ether oxygens (including phenoxy) is 1. The zero-order chi connectivity index (χ0) is 16.9. The summed E-state index contributed by atoms with van der Waals surface area (Å²) >= 11 is 0. The Morgan fingerprint density at radius 1 is 1.48 bits per heavy atom. The first-order valence-electron chi connectivity index (χ1n) is 8.47. The molecule has 1 saturated heterocycles. The van der Waals surface area contributed by atoms with E-state index in [9.17, 15) is 4.79 Å². The number of hydrogen-bond acceptors (Lipinski definition) is 4. The van der Waals surface area contributed by atoms with Gasteiger partial charge in [-0.2, -0.15) is 0 Å². The fourth-order valence-electron chi connectivity index (χ4n) is 2.97. The van der Waals surface area contributed by atoms with Gasteiger partial charge in [0.05, 0.1) is 5.69 Å². The molecule has 0 unspecified atom stereocenters. The molecule has 0 spiro atoms. The Kier molecular flexibility index (Phi) is 5.99. The summed E-state index contributed by atoms with van der Waals surface area (Å²) in [7, 11) is 0. The van der Waals surface area contributed by atoms with Crippen LogP contribution in [0.3, 0.4) is 0 Å². The monoisotopic (exact) mass is 319 g/mol. The van der Waals surface area contributed by atoms with E-state index in [0.29, 0.717) is 18.5 Å². The third-order valence-electron chi connectivity index (χ3n) is 4.15.